The molecule has 0 fully saturated rings. The van der Waals surface area contributed by atoms with Crippen molar-refractivity contribution in [3.05, 3.63) is 83.4 Å². The van der Waals surface area contributed by atoms with Gasteiger partial charge in [0.15, 0.2) is 0 Å². The fourth-order valence-electron chi connectivity index (χ4n) is 3.05. The van der Waals surface area contributed by atoms with Crippen LogP contribution in [0.2, 0.25) is 5.02 Å². The molecular weight excluding hydrogens is 374 g/mol. The first-order valence-electron chi connectivity index (χ1n) is 9.35. The second kappa shape index (κ2) is 10.4. The van der Waals surface area contributed by atoms with Crippen molar-refractivity contribution in [3.63, 3.8) is 0 Å². The molecule has 0 aliphatic rings. The van der Waals surface area contributed by atoms with E-state index >= 15 is 0 Å². The molecule has 0 saturated heterocycles. The molecule has 0 saturated carbocycles. The van der Waals surface area contributed by atoms with E-state index in [1.165, 1.54) is 17.5 Å². The van der Waals surface area contributed by atoms with Crippen LogP contribution in [0.4, 0.5) is 5.69 Å². The predicted molar refractivity (Wildman–Crippen MR) is 117 cm³/mol. The molecule has 0 radical (unpaired) electrons. The highest BCUT2D eigenvalue weighted by molar-refractivity contribution is 7.99. The number of nitrogens with two attached hydrogens (primary N) is 1. The molecular formula is C22H26ClN3S. The van der Waals surface area contributed by atoms with Gasteiger partial charge in [0.25, 0.3) is 0 Å². The molecule has 0 aliphatic heterocycles. The van der Waals surface area contributed by atoms with Crippen molar-refractivity contribution in [3.8, 4) is 0 Å². The van der Waals surface area contributed by atoms with E-state index < -0.39 is 0 Å². The monoisotopic (exact) mass is 399 g/mol. The number of aryl methyl sites for hydroxylation is 2. The Morgan fingerprint density at radius 2 is 1.70 bits per heavy atom. The molecule has 3 aromatic rings. The highest BCUT2D eigenvalue weighted by Gasteiger charge is 2.11. The van der Waals surface area contributed by atoms with E-state index in [0.29, 0.717) is 5.25 Å². The number of hydrogen-bond acceptors (Lipinski definition) is 3. The number of halogens is 1. The summed E-state index contributed by atoms with van der Waals surface area (Å²) in [6.45, 7) is 1.00. The molecule has 1 atom stereocenters. The SMILES string of the molecule is Nc1ccc(CCCSC(CCc2ccc(Cl)cc2)Cn2ccnc2)cc1. The maximum Gasteiger partial charge on any atom is 0.0946 e. The van der Waals surface area contributed by atoms with Gasteiger partial charge in [-0.05, 0) is 66.8 Å². The number of aromatic nitrogens is 2. The van der Waals surface area contributed by atoms with E-state index in [2.05, 4.69) is 45.6 Å². The average Bonchev–Trinajstić information content (AvgIpc) is 3.19. The number of nitrogens with zero attached hydrogens (tertiary/aromatic N) is 2. The molecule has 2 aromatic carbocycles. The number of hydrogen-bond donors (Lipinski definition) is 1. The summed E-state index contributed by atoms with van der Waals surface area (Å²) in [7, 11) is 0. The third-order valence-electron chi connectivity index (χ3n) is 4.58. The molecule has 0 bridgehead atoms. The highest BCUT2D eigenvalue weighted by atomic mass is 35.5. The predicted octanol–water partition coefficient (Wildman–Crippen LogP) is 5.49. The average molecular weight is 400 g/mol. The minimum Gasteiger partial charge on any atom is -0.399 e. The minimum atomic E-state index is 0.571. The van der Waals surface area contributed by atoms with Crippen LogP contribution >= 0.6 is 23.4 Å². The molecule has 1 unspecified atom stereocenters. The fourth-order valence-corrected chi connectivity index (χ4v) is 4.38. The second-order valence-electron chi connectivity index (χ2n) is 6.76. The molecule has 1 heterocycles. The van der Waals surface area contributed by atoms with Crippen molar-refractivity contribution in [1.82, 2.24) is 9.55 Å². The quantitative estimate of drug-likeness (QED) is 0.362. The first-order valence-corrected chi connectivity index (χ1v) is 10.8. The van der Waals surface area contributed by atoms with Crippen molar-refractivity contribution in [2.75, 3.05) is 11.5 Å². The standard InChI is InChI=1S/C22H26ClN3S/c23-20-8-3-19(4-9-20)7-12-22(16-26-14-13-25-17-26)27-15-1-2-18-5-10-21(24)11-6-18/h3-6,8-11,13-14,17,22H,1-2,7,12,15-16,24H2. The molecule has 142 valence electrons. The van der Waals surface area contributed by atoms with Gasteiger partial charge in [0.2, 0.25) is 0 Å². The second-order valence-corrected chi connectivity index (χ2v) is 8.61. The molecule has 1 aromatic heterocycles. The van der Waals surface area contributed by atoms with E-state index in [-0.39, 0.29) is 0 Å². The molecule has 2 N–H and O–H groups in total. The summed E-state index contributed by atoms with van der Waals surface area (Å²) in [5, 5.41) is 1.37. The Bertz CT molecular complexity index is 785. The zero-order chi connectivity index (χ0) is 18.9. The number of rotatable bonds is 10. The number of benzene rings is 2. The zero-order valence-electron chi connectivity index (χ0n) is 15.4. The van der Waals surface area contributed by atoms with Gasteiger partial charge in [-0.25, -0.2) is 4.98 Å². The van der Waals surface area contributed by atoms with E-state index in [1.54, 1.807) is 0 Å². The molecule has 3 nitrogen and oxygen atoms in total. The van der Waals surface area contributed by atoms with Crippen LogP contribution in [-0.4, -0.2) is 20.6 Å². The summed E-state index contributed by atoms with van der Waals surface area (Å²) in [6.07, 6.45) is 10.3. The maximum absolute atomic E-state index is 5.99. The topological polar surface area (TPSA) is 43.8 Å². The summed E-state index contributed by atoms with van der Waals surface area (Å²) in [5.41, 5.74) is 9.29. The number of anilines is 1. The van der Waals surface area contributed by atoms with Crippen LogP contribution in [0.1, 0.15) is 24.0 Å². The van der Waals surface area contributed by atoms with Gasteiger partial charge in [0, 0.05) is 34.9 Å². The summed E-state index contributed by atoms with van der Waals surface area (Å²) in [6, 6.07) is 16.4. The van der Waals surface area contributed by atoms with Gasteiger partial charge in [0.1, 0.15) is 0 Å². The van der Waals surface area contributed by atoms with Crippen LogP contribution in [0.15, 0.2) is 67.3 Å². The van der Waals surface area contributed by atoms with E-state index in [1.807, 2.05) is 43.0 Å². The lowest BCUT2D eigenvalue weighted by Crippen LogP contribution is -2.14. The third kappa shape index (κ3) is 6.96. The van der Waals surface area contributed by atoms with Gasteiger partial charge in [-0.3, -0.25) is 0 Å². The van der Waals surface area contributed by atoms with Crippen molar-refractivity contribution in [2.45, 2.75) is 37.5 Å². The van der Waals surface area contributed by atoms with Gasteiger partial charge in [-0.1, -0.05) is 35.9 Å². The van der Waals surface area contributed by atoms with E-state index in [9.17, 15) is 0 Å². The van der Waals surface area contributed by atoms with Crippen molar-refractivity contribution >= 4 is 29.1 Å². The van der Waals surface area contributed by atoms with Crippen LogP contribution in [0.3, 0.4) is 0 Å². The Morgan fingerprint density at radius 3 is 2.41 bits per heavy atom. The maximum atomic E-state index is 5.99. The summed E-state index contributed by atoms with van der Waals surface area (Å²) in [4.78, 5) is 4.18. The summed E-state index contributed by atoms with van der Waals surface area (Å²) >= 11 is 8.06. The molecule has 5 heteroatoms. The van der Waals surface area contributed by atoms with Crippen molar-refractivity contribution < 1.29 is 0 Å². The summed E-state index contributed by atoms with van der Waals surface area (Å²) in [5.74, 6) is 1.16. The highest BCUT2D eigenvalue weighted by Crippen LogP contribution is 2.22. The Morgan fingerprint density at radius 1 is 1.00 bits per heavy atom. The summed E-state index contributed by atoms with van der Waals surface area (Å²) < 4.78 is 2.18. The van der Waals surface area contributed by atoms with Crippen molar-refractivity contribution in [2.24, 2.45) is 0 Å². The van der Waals surface area contributed by atoms with Gasteiger partial charge < -0.3 is 10.3 Å². The Labute approximate surface area is 171 Å². The Hall–Kier alpha value is -1.91. The lowest BCUT2D eigenvalue weighted by Gasteiger charge is -2.17. The lowest BCUT2D eigenvalue weighted by atomic mass is 10.1. The zero-order valence-corrected chi connectivity index (χ0v) is 17.0. The number of imidazole rings is 1. The molecule has 0 amide bonds. The van der Waals surface area contributed by atoms with E-state index in [4.69, 9.17) is 17.3 Å². The number of nitrogen functional groups attached to an aromatic ring is 1. The Kier molecular flexibility index (Phi) is 7.66. The van der Waals surface area contributed by atoms with Gasteiger partial charge >= 0.3 is 0 Å². The van der Waals surface area contributed by atoms with Gasteiger partial charge in [0.05, 0.1) is 6.33 Å². The van der Waals surface area contributed by atoms with Crippen LogP contribution < -0.4 is 5.73 Å². The van der Waals surface area contributed by atoms with Crippen molar-refractivity contribution in [1.29, 1.82) is 0 Å². The first-order chi connectivity index (χ1) is 13.2. The van der Waals surface area contributed by atoms with E-state index in [0.717, 1.165) is 42.3 Å². The minimum absolute atomic E-state index is 0.571. The smallest absolute Gasteiger partial charge is 0.0946 e. The largest absolute Gasteiger partial charge is 0.399 e. The van der Waals surface area contributed by atoms with Crippen LogP contribution in [0.5, 0.6) is 0 Å². The van der Waals surface area contributed by atoms with Crippen LogP contribution in [-0.2, 0) is 19.4 Å². The molecule has 3 rings (SSSR count). The fraction of sp³-hybridized carbons (Fsp3) is 0.318. The Balaban J connectivity index is 1.48. The molecule has 27 heavy (non-hydrogen) atoms. The molecule has 0 aliphatic carbocycles. The normalized spacial score (nSPS) is 12.2. The van der Waals surface area contributed by atoms with Gasteiger partial charge in [-0.15, -0.1) is 0 Å². The van der Waals surface area contributed by atoms with Crippen LogP contribution in [0.25, 0.3) is 0 Å². The number of thioether (sulfide) groups is 1. The lowest BCUT2D eigenvalue weighted by molar-refractivity contribution is 0.623. The molecule has 0 spiro atoms. The van der Waals surface area contributed by atoms with Gasteiger partial charge in [-0.2, -0.15) is 11.8 Å². The van der Waals surface area contributed by atoms with Crippen LogP contribution in [0, 0.1) is 0 Å². The third-order valence-corrected chi connectivity index (χ3v) is 6.22. The first kappa shape index (κ1) is 19.8.